The molecule has 2 rings (SSSR count). The van der Waals surface area contributed by atoms with Crippen LogP contribution in [0.1, 0.15) is 37.8 Å². The van der Waals surface area contributed by atoms with E-state index in [1.54, 1.807) is 0 Å². The van der Waals surface area contributed by atoms with Gasteiger partial charge in [-0.25, -0.2) is 0 Å². The van der Waals surface area contributed by atoms with Gasteiger partial charge in [-0.05, 0) is 43.0 Å². The molecule has 1 aromatic rings. The highest BCUT2D eigenvalue weighted by Gasteiger charge is 2.23. The highest BCUT2D eigenvalue weighted by Crippen LogP contribution is 2.26. The van der Waals surface area contributed by atoms with E-state index >= 15 is 0 Å². The van der Waals surface area contributed by atoms with Crippen LogP contribution in [0.3, 0.4) is 0 Å². The fraction of sp³-hybridized carbons (Fsp3) is 0.625. The minimum atomic E-state index is -0.111. The van der Waals surface area contributed by atoms with E-state index < -0.39 is 0 Å². The molecule has 0 radical (unpaired) electrons. The fourth-order valence-electron chi connectivity index (χ4n) is 2.65. The summed E-state index contributed by atoms with van der Waals surface area (Å²) in [7, 11) is 0. The van der Waals surface area contributed by atoms with Gasteiger partial charge in [-0.1, -0.05) is 26.0 Å². The van der Waals surface area contributed by atoms with E-state index in [1.165, 1.54) is 11.1 Å². The Hall–Kier alpha value is -1.06. The summed E-state index contributed by atoms with van der Waals surface area (Å²) in [6, 6.07) is 6.48. The number of fused-ring (bicyclic) bond motifs is 1. The zero-order valence-corrected chi connectivity index (χ0v) is 12.0. The van der Waals surface area contributed by atoms with Gasteiger partial charge in [0.15, 0.2) is 0 Å². The van der Waals surface area contributed by atoms with Crippen molar-refractivity contribution in [2.24, 2.45) is 0 Å². The summed E-state index contributed by atoms with van der Waals surface area (Å²) in [6.45, 7) is 6.18. The molecule has 1 aliphatic heterocycles. The maximum atomic E-state index is 9.52. The minimum Gasteiger partial charge on any atom is -0.493 e. The second-order valence-electron chi connectivity index (χ2n) is 5.36. The fourth-order valence-corrected chi connectivity index (χ4v) is 2.65. The van der Waals surface area contributed by atoms with Gasteiger partial charge >= 0.3 is 0 Å². The topological polar surface area (TPSA) is 41.5 Å². The summed E-state index contributed by atoms with van der Waals surface area (Å²) in [5, 5.41) is 13.0. The van der Waals surface area contributed by atoms with Crippen molar-refractivity contribution in [3.63, 3.8) is 0 Å². The average Bonchev–Trinajstić information content (AvgIpc) is 2.92. The van der Waals surface area contributed by atoms with Crippen molar-refractivity contribution < 1.29 is 9.84 Å². The van der Waals surface area contributed by atoms with Gasteiger partial charge in [-0.15, -0.1) is 0 Å². The average molecular weight is 263 g/mol. The van der Waals surface area contributed by atoms with E-state index in [4.69, 9.17) is 4.74 Å². The number of aliphatic hydroxyl groups is 1. The number of nitrogens with one attached hydrogen (secondary N) is 1. The highest BCUT2D eigenvalue weighted by molar-refractivity contribution is 5.39. The summed E-state index contributed by atoms with van der Waals surface area (Å²) in [4.78, 5) is 0. The summed E-state index contributed by atoms with van der Waals surface area (Å²) < 4.78 is 5.52. The van der Waals surface area contributed by atoms with E-state index in [1.807, 2.05) is 0 Å². The van der Waals surface area contributed by atoms with Gasteiger partial charge < -0.3 is 15.2 Å². The van der Waals surface area contributed by atoms with Crippen molar-refractivity contribution in [2.75, 3.05) is 19.8 Å². The lowest BCUT2D eigenvalue weighted by molar-refractivity contribution is 0.152. The molecule has 0 aliphatic carbocycles. The molecule has 0 fully saturated rings. The third-order valence-electron chi connectivity index (χ3n) is 4.32. The Balaban J connectivity index is 1.89. The van der Waals surface area contributed by atoms with Crippen LogP contribution in [0, 0.1) is 0 Å². The number of hydrogen-bond acceptors (Lipinski definition) is 3. The maximum absolute atomic E-state index is 9.52. The number of rotatable bonds is 7. The predicted molar refractivity (Wildman–Crippen MR) is 77.7 cm³/mol. The summed E-state index contributed by atoms with van der Waals surface area (Å²) in [5.74, 6) is 1.04. The van der Waals surface area contributed by atoms with E-state index in [-0.39, 0.29) is 12.1 Å². The molecule has 2 N–H and O–H groups in total. The van der Waals surface area contributed by atoms with Crippen LogP contribution < -0.4 is 10.1 Å². The third kappa shape index (κ3) is 3.28. The van der Waals surface area contributed by atoms with E-state index in [0.717, 1.165) is 44.6 Å². The monoisotopic (exact) mass is 263 g/mol. The van der Waals surface area contributed by atoms with Gasteiger partial charge in [0.1, 0.15) is 5.75 Å². The van der Waals surface area contributed by atoms with Crippen LogP contribution in [-0.4, -0.2) is 30.4 Å². The van der Waals surface area contributed by atoms with Crippen molar-refractivity contribution in [1.29, 1.82) is 0 Å². The molecule has 106 valence electrons. The third-order valence-corrected chi connectivity index (χ3v) is 4.32. The number of ether oxygens (including phenoxy) is 1. The second-order valence-corrected chi connectivity index (χ2v) is 5.36. The molecule has 1 heterocycles. The van der Waals surface area contributed by atoms with Gasteiger partial charge in [0, 0.05) is 12.0 Å². The van der Waals surface area contributed by atoms with Crippen LogP contribution in [-0.2, 0) is 12.8 Å². The van der Waals surface area contributed by atoms with Crippen LogP contribution in [0.2, 0.25) is 0 Å². The van der Waals surface area contributed by atoms with Crippen molar-refractivity contribution >= 4 is 0 Å². The summed E-state index contributed by atoms with van der Waals surface area (Å²) in [5.41, 5.74) is 2.56. The lowest BCUT2D eigenvalue weighted by Crippen LogP contribution is -2.48. The van der Waals surface area contributed by atoms with Crippen molar-refractivity contribution in [2.45, 2.75) is 45.1 Å². The Morgan fingerprint density at radius 1 is 1.32 bits per heavy atom. The molecule has 0 atom stereocenters. The zero-order chi connectivity index (χ0) is 13.7. The summed E-state index contributed by atoms with van der Waals surface area (Å²) >= 11 is 0. The van der Waals surface area contributed by atoms with Gasteiger partial charge in [0.05, 0.1) is 13.2 Å². The predicted octanol–water partition coefficient (Wildman–Crippen LogP) is 2.30. The van der Waals surface area contributed by atoms with Crippen LogP contribution in [0.4, 0.5) is 0 Å². The quantitative estimate of drug-likeness (QED) is 0.793. The first-order valence-corrected chi connectivity index (χ1v) is 7.33. The lowest BCUT2D eigenvalue weighted by atomic mass is 9.93. The number of aliphatic hydroxyl groups excluding tert-OH is 1. The molecule has 1 aliphatic rings. The first kappa shape index (κ1) is 14.4. The first-order chi connectivity index (χ1) is 9.23. The first-order valence-electron chi connectivity index (χ1n) is 7.33. The molecule has 0 saturated carbocycles. The molecule has 0 amide bonds. The molecule has 0 unspecified atom stereocenters. The largest absolute Gasteiger partial charge is 0.493 e. The van der Waals surface area contributed by atoms with Crippen molar-refractivity contribution in [3.8, 4) is 5.75 Å². The molecule has 0 bridgehead atoms. The minimum absolute atomic E-state index is 0.111. The Bertz CT molecular complexity index is 405. The normalized spacial score (nSPS) is 14.3. The standard InChI is InChI=1S/C16H25NO2/c1-3-16(4-2,12-18)17-9-7-13-5-6-15-14(11-13)8-10-19-15/h5-6,11,17-18H,3-4,7-10,12H2,1-2H3. The maximum Gasteiger partial charge on any atom is 0.122 e. The molecule has 0 saturated heterocycles. The van der Waals surface area contributed by atoms with Crippen LogP contribution in [0.5, 0.6) is 5.75 Å². The van der Waals surface area contributed by atoms with E-state index in [2.05, 4.69) is 37.4 Å². The Morgan fingerprint density at radius 2 is 2.11 bits per heavy atom. The van der Waals surface area contributed by atoms with Crippen molar-refractivity contribution in [1.82, 2.24) is 5.32 Å². The van der Waals surface area contributed by atoms with E-state index in [0.29, 0.717) is 0 Å². The number of benzene rings is 1. The van der Waals surface area contributed by atoms with Gasteiger partial charge in [-0.3, -0.25) is 0 Å². The van der Waals surface area contributed by atoms with Gasteiger partial charge in [-0.2, -0.15) is 0 Å². The molecule has 3 nitrogen and oxygen atoms in total. The lowest BCUT2D eigenvalue weighted by Gasteiger charge is -2.31. The molecule has 0 spiro atoms. The van der Waals surface area contributed by atoms with Crippen molar-refractivity contribution in [3.05, 3.63) is 29.3 Å². The molecular formula is C16H25NO2. The Labute approximate surface area is 116 Å². The van der Waals surface area contributed by atoms with Crippen LogP contribution in [0.15, 0.2) is 18.2 Å². The molecule has 1 aromatic carbocycles. The summed E-state index contributed by atoms with van der Waals surface area (Å²) in [6.07, 6.45) is 3.94. The SMILES string of the molecule is CCC(CC)(CO)NCCc1ccc2c(c1)CCO2. The second kappa shape index (κ2) is 6.40. The smallest absolute Gasteiger partial charge is 0.122 e. The Kier molecular flexibility index (Phi) is 4.83. The molecule has 3 heteroatoms. The molecule has 0 aromatic heterocycles. The zero-order valence-electron chi connectivity index (χ0n) is 12.0. The molecular weight excluding hydrogens is 238 g/mol. The molecule has 19 heavy (non-hydrogen) atoms. The van der Waals surface area contributed by atoms with E-state index in [9.17, 15) is 5.11 Å². The highest BCUT2D eigenvalue weighted by atomic mass is 16.5. The number of hydrogen-bond donors (Lipinski definition) is 2. The van der Waals surface area contributed by atoms with Crippen LogP contribution >= 0.6 is 0 Å². The Morgan fingerprint density at radius 3 is 2.79 bits per heavy atom. The van der Waals surface area contributed by atoms with Gasteiger partial charge in [0.25, 0.3) is 0 Å². The van der Waals surface area contributed by atoms with Crippen LogP contribution in [0.25, 0.3) is 0 Å². The van der Waals surface area contributed by atoms with Gasteiger partial charge in [0.2, 0.25) is 0 Å².